The van der Waals surface area contributed by atoms with Crippen LogP contribution in [0.15, 0.2) is 22.5 Å². The van der Waals surface area contributed by atoms with E-state index in [4.69, 9.17) is 0 Å². The summed E-state index contributed by atoms with van der Waals surface area (Å²) < 4.78 is 0. The molecular weight excluding hydrogens is 152 g/mol. The second-order valence-corrected chi connectivity index (χ2v) is 2.19. The van der Waals surface area contributed by atoms with Gasteiger partial charge in [0.15, 0.2) is 0 Å². The highest BCUT2D eigenvalue weighted by Crippen LogP contribution is 2.16. The molecular formula is C5H7ClMgS+2. The molecule has 0 aliphatic carbocycles. The van der Waals surface area contributed by atoms with Crippen molar-refractivity contribution in [3.8, 4) is 0 Å². The molecule has 0 saturated heterocycles. The Morgan fingerprint density at radius 1 is 1.62 bits per heavy atom. The maximum absolute atomic E-state index is 4.67. The van der Waals surface area contributed by atoms with Crippen LogP contribution in [0.4, 0.5) is 0 Å². The fourth-order valence-electron chi connectivity index (χ4n) is 0.364. The van der Waals surface area contributed by atoms with Crippen molar-refractivity contribution >= 4 is 41.4 Å². The van der Waals surface area contributed by atoms with Crippen LogP contribution in [-0.2, 0) is 0 Å². The van der Waals surface area contributed by atoms with Gasteiger partial charge in [-0.1, -0.05) is 6.08 Å². The molecule has 40 valence electrons. The van der Waals surface area contributed by atoms with Crippen LogP contribution in [0.5, 0.6) is 0 Å². The molecule has 1 aliphatic rings. The third-order valence-electron chi connectivity index (χ3n) is 0.702. The maximum atomic E-state index is 4.67. The van der Waals surface area contributed by atoms with E-state index < -0.39 is 0 Å². The lowest BCUT2D eigenvalue weighted by Gasteiger charge is -1.72. The van der Waals surface area contributed by atoms with Gasteiger partial charge in [0.25, 0.3) is 0 Å². The molecule has 0 amide bonds. The van der Waals surface area contributed by atoms with E-state index in [1.807, 2.05) is 0 Å². The van der Waals surface area contributed by atoms with Crippen molar-refractivity contribution in [1.29, 1.82) is 0 Å². The van der Waals surface area contributed by atoms with Gasteiger partial charge in [0.1, 0.15) is 0 Å². The van der Waals surface area contributed by atoms with Crippen molar-refractivity contribution in [2.75, 3.05) is 0 Å². The Morgan fingerprint density at radius 3 is 2.38 bits per heavy atom. The molecule has 8 heavy (non-hydrogen) atoms. The van der Waals surface area contributed by atoms with Gasteiger partial charge in [-0.15, -0.1) is 0 Å². The van der Waals surface area contributed by atoms with E-state index in [0.717, 1.165) is 0 Å². The van der Waals surface area contributed by atoms with Crippen molar-refractivity contribution < 1.29 is 0 Å². The Balaban J connectivity index is 0.000000222. The monoisotopic (exact) mass is 158 g/mol. The van der Waals surface area contributed by atoms with E-state index in [9.17, 15) is 0 Å². The number of allylic oxidation sites excluding steroid dienone is 2. The van der Waals surface area contributed by atoms with Gasteiger partial charge in [-0.05, 0) is 23.3 Å². The Labute approximate surface area is 70.6 Å². The van der Waals surface area contributed by atoms with E-state index in [1.54, 1.807) is 0 Å². The number of thiol groups is 1. The van der Waals surface area contributed by atoms with Crippen LogP contribution in [0.1, 0.15) is 6.92 Å². The van der Waals surface area contributed by atoms with Crippen LogP contribution in [0, 0.1) is 0 Å². The normalized spacial score (nSPS) is 14.6. The average Bonchev–Trinajstić information content (AvgIpc) is 2.24. The SMILES string of the molecule is CC1=C[SH]C=C1.[Mg+2][Cl]. The molecule has 8 radical (unpaired) electrons. The number of rotatable bonds is 0. The largest absolute Gasteiger partial charge is 1.59 e. The fraction of sp³-hybridized carbons (Fsp3) is 0.200. The number of hydrogen-bond acceptors (Lipinski definition) is 0. The first-order valence-electron chi connectivity index (χ1n) is 2.19. The Bertz CT molecular complexity index is 106. The summed E-state index contributed by atoms with van der Waals surface area (Å²) in [6, 6.07) is 0. The molecule has 0 fully saturated rings. The van der Waals surface area contributed by atoms with Gasteiger partial charge in [0.2, 0.25) is 0 Å². The molecule has 0 aromatic heterocycles. The predicted octanol–water partition coefficient (Wildman–Crippen LogP) is 2.19. The first-order chi connectivity index (χ1) is 3.89. The molecule has 0 spiro atoms. The smallest absolute Gasteiger partial charge is 0.176 e. The van der Waals surface area contributed by atoms with Gasteiger partial charge < -0.3 is 0 Å². The summed E-state index contributed by atoms with van der Waals surface area (Å²) in [7, 11) is 4.67. The molecule has 3 heteroatoms. The first-order valence-corrected chi connectivity index (χ1v) is 5.37. The van der Waals surface area contributed by atoms with E-state index in [-0.39, 0.29) is 0 Å². The van der Waals surface area contributed by atoms with E-state index in [0.29, 0.717) is 0 Å². The minimum absolute atomic E-state index is 1.33. The molecule has 1 rings (SSSR count). The lowest BCUT2D eigenvalue weighted by Crippen LogP contribution is -1.50. The van der Waals surface area contributed by atoms with Gasteiger partial charge >= 0.3 is 29.7 Å². The molecule has 0 aromatic carbocycles. The Hall–Kier alpha value is 0.886. The van der Waals surface area contributed by atoms with Crippen molar-refractivity contribution in [3.63, 3.8) is 0 Å². The average molecular weight is 159 g/mol. The lowest BCUT2D eigenvalue weighted by molar-refractivity contribution is 1.58. The molecule has 1 heterocycles. The van der Waals surface area contributed by atoms with Crippen LogP contribution in [0.3, 0.4) is 0 Å². The third kappa shape index (κ3) is 3.84. The van der Waals surface area contributed by atoms with E-state index in [1.165, 1.54) is 37.9 Å². The molecule has 0 saturated carbocycles. The first kappa shape index (κ1) is 8.89. The third-order valence-corrected chi connectivity index (χ3v) is 1.58. The van der Waals surface area contributed by atoms with E-state index >= 15 is 0 Å². The van der Waals surface area contributed by atoms with Crippen LogP contribution in [0.2, 0.25) is 0 Å². The maximum Gasteiger partial charge on any atom is 1.59 e. The highest BCUT2D eigenvalue weighted by atomic mass is 35.5. The summed E-state index contributed by atoms with van der Waals surface area (Å²) in [5.74, 6) is 0. The summed E-state index contributed by atoms with van der Waals surface area (Å²) in [5.41, 5.74) is 1.39. The standard InChI is InChI=1S/C5H7S.ClH.Mg/c1-5-2-3-6-4-5;;/h2-4,6H,1H3;1H;/q;;+3/p-1. The number of halogens is 1. The number of hydrogen-bond donors (Lipinski definition) is 1. The fourth-order valence-corrected chi connectivity index (χ4v) is 1.09. The molecule has 0 nitrogen and oxygen atoms in total. The molecule has 0 unspecified atom stereocenters. The molecule has 0 atom stereocenters. The van der Waals surface area contributed by atoms with Gasteiger partial charge in [0.05, 0.1) is 0 Å². The van der Waals surface area contributed by atoms with E-state index in [2.05, 4.69) is 32.9 Å². The lowest BCUT2D eigenvalue weighted by atomic mass is 10.4. The van der Waals surface area contributed by atoms with Crippen molar-refractivity contribution in [2.45, 2.75) is 6.92 Å². The Kier molecular flexibility index (Phi) is 6.68. The second kappa shape index (κ2) is 6.01. The van der Waals surface area contributed by atoms with Crippen LogP contribution in [0.25, 0.3) is 0 Å². The summed E-state index contributed by atoms with van der Waals surface area (Å²) in [4.78, 5) is 0. The highest BCUT2D eigenvalue weighted by Gasteiger charge is 2.16. The predicted molar refractivity (Wildman–Crippen MR) is 43.5 cm³/mol. The topological polar surface area (TPSA) is 0 Å². The summed E-state index contributed by atoms with van der Waals surface area (Å²) in [5, 5.41) is 4.31. The quantitative estimate of drug-likeness (QED) is 0.406. The molecule has 0 aromatic rings. The van der Waals surface area contributed by atoms with Crippen LogP contribution >= 0.6 is 20.8 Å². The van der Waals surface area contributed by atoms with Gasteiger partial charge in [-0.2, -0.15) is 11.8 Å². The zero-order valence-corrected chi connectivity index (χ0v) is 7.83. The van der Waals surface area contributed by atoms with Gasteiger partial charge in [-0.3, -0.25) is 0 Å². The van der Waals surface area contributed by atoms with Gasteiger partial charge in [-0.25, -0.2) is 0 Å². The summed E-state index contributed by atoms with van der Waals surface area (Å²) in [6.07, 6.45) is 2.13. The molecule has 1 aliphatic heterocycles. The molecule has 0 bridgehead atoms. The van der Waals surface area contributed by atoms with Crippen molar-refractivity contribution in [1.82, 2.24) is 0 Å². The minimum atomic E-state index is 1.33. The van der Waals surface area contributed by atoms with Crippen molar-refractivity contribution in [2.24, 2.45) is 0 Å². The molecule has 0 N–H and O–H groups in total. The van der Waals surface area contributed by atoms with Crippen LogP contribution < -0.4 is 0 Å². The Morgan fingerprint density at radius 2 is 2.25 bits per heavy atom. The summed E-state index contributed by atoms with van der Waals surface area (Å²) >= 11 is 2.68. The zero-order valence-electron chi connectivity index (χ0n) is 4.76. The van der Waals surface area contributed by atoms with Gasteiger partial charge in [0, 0.05) is 0 Å². The van der Waals surface area contributed by atoms with Crippen molar-refractivity contribution in [3.05, 3.63) is 22.5 Å². The summed E-state index contributed by atoms with van der Waals surface area (Å²) in [6.45, 7) is 2.11. The minimum Gasteiger partial charge on any atom is -0.176 e. The second-order valence-electron chi connectivity index (χ2n) is 1.34. The highest BCUT2D eigenvalue weighted by molar-refractivity contribution is 8.05. The zero-order chi connectivity index (χ0) is 6.41. The van der Waals surface area contributed by atoms with Crippen LogP contribution in [-0.4, -0.2) is 20.6 Å².